The van der Waals surface area contributed by atoms with E-state index in [9.17, 15) is 9.59 Å². The number of benzene rings is 1. The van der Waals surface area contributed by atoms with Crippen LogP contribution in [0.1, 0.15) is 28.4 Å². The first kappa shape index (κ1) is 10.6. The minimum atomic E-state index is -0.880. The average Bonchev–Trinajstić information content (AvgIpc) is 2.27. The lowest BCUT2D eigenvalue weighted by atomic mass is 9.82. The molecule has 1 aliphatic carbocycles. The highest BCUT2D eigenvalue weighted by Gasteiger charge is 2.23. The van der Waals surface area contributed by atoms with Gasteiger partial charge in [0.15, 0.2) is 0 Å². The summed E-state index contributed by atoms with van der Waals surface area (Å²) in [6.07, 6.45) is 3.10. The zero-order chi connectivity index (χ0) is 11.7. The Balaban J connectivity index is 2.57. The Bertz CT molecular complexity index is 486. The zero-order valence-corrected chi connectivity index (χ0v) is 8.93. The fraction of sp³-hybridized carbons (Fsp3) is 0.231. The minimum absolute atomic E-state index is 0.0499. The maximum absolute atomic E-state index is 11.0. The van der Waals surface area contributed by atoms with Gasteiger partial charge in [-0.3, -0.25) is 4.79 Å². The van der Waals surface area contributed by atoms with E-state index in [0.29, 0.717) is 17.6 Å². The lowest BCUT2D eigenvalue weighted by molar-refractivity contribution is -0.133. The van der Waals surface area contributed by atoms with Crippen LogP contribution in [0.2, 0.25) is 0 Å². The van der Waals surface area contributed by atoms with Crippen LogP contribution in [0.25, 0.3) is 6.08 Å². The van der Waals surface area contributed by atoms with Crippen LogP contribution in [0.15, 0.2) is 23.8 Å². The van der Waals surface area contributed by atoms with Crippen molar-refractivity contribution in [2.75, 3.05) is 0 Å². The van der Waals surface area contributed by atoms with Gasteiger partial charge < -0.3 is 5.11 Å². The number of carbonyl (C=O) groups is 2. The molecule has 0 aliphatic heterocycles. The van der Waals surface area contributed by atoms with Gasteiger partial charge in [-0.2, -0.15) is 0 Å². The average molecular weight is 216 g/mol. The molecule has 0 fully saturated rings. The number of carboxylic acid groups (broad SMARTS) is 1. The maximum atomic E-state index is 11.0. The Labute approximate surface area is 93.4 Å². The van der Waals surface area contributed by atoms with Gasteiger partial charge in [0.2, 0.25) is 0 Å². The van der Waals surface area contributed by atoms with Crippen molar-refractivity contribution in [3.63, 3.8) is 0 Å². The predicted octanol–water partition coefficient (Wildman–Crippen LogP) is 2.16. The third-order valence-electron chi connectivity index (χ3n) is 2.97. The summed E-state index contributed by atoms with van der Waals surface area (Å²) in [6.45, 7) is 1.87. The van der Waals surface area contributed by atoms with Crippen LogP contribution >= 0.6 is 0 Å². The number of aldehydes is 1. The van der Waals surface area contributed by atoms with E-state index in [0.717, 1.165) is 17.4 Å². The van der Waals surface area contributed by atoms with E-state index in [1.54, 1.807) is 18.2 Å². The van der Waals surface area contributed by atoms with E-state index in [1.807, 2.05) is 13.0 Å². The van der Waals surface area contributed by atoms with E-state index in [4.69, 9.17) is 5.11 Å². The second-order valence-electron chi connectivity index (χ2n) is 4.04. The molecule has 0 aromatic heterocycles. The monoisotopic (exact) mass is 216 g/mol. The molecule has 1 N–H and O–H groups in total. The summed E-state index contributed by atoms with van der Waals surface area (Å²) < 4.78 is 0. The number of aliphatic carboxylic acids is 1. The van der Waals surface area contributed by atoms with Crippen LogP contribution in [0.5, 0.6) is 0 Å². The SMILES string of the molecule is CC1Cc2c(C=O)cccc2C=C1C(=O)O. The Morgan fingerprint density at radius 1 is 1.50 bits per heavy atom. The van der Waals surface area contributed by atoms with Gasteiger partial charge in [-0.15, -0.1) is 0 Å². The number of hydrogen-bond donors (Lipinski definition) is 1. The third kappa shape index (κ3) is 1.65. The van der Waals surface area contributed by atoms with Gasteiger partial charge in [0.1, 0.15) is 6.29 Å². The van der Waals surface area contributed by atoms with Crippen molar-refractivity contribution in [1.82, 2.24) is 0 Å². The highest BCUT2D eigenvalue weighted by Crippen LogP contribution is 2.30. The Kier molecular flexibility index (Phi) is 2.60. The zero-order valence-electron chi connectivity index (χ0n) is 8.93. The fourth-order valence-corrected chi connectivity index (χ4v) is 2.10. The summed E-state index contributed by atoms with van der Waals surface area (Å²) in [5.74, 6) is -0.930. The molecule has 0 saturated carbocycles. The van der Waals surface area contributed by atoms with Crippen LogP contribution < -0.4 is 0 Å². The molecule has 1 aromatic carbocycles. The first-order valence-corrected chi connectivity index (χ1v) is 5.15. The summed E-state index contributed by atoms with van der Waals surface area (Å²) in [5, 5.41) is 9.02. The molecule has 0 amide bonds. The van der Waals surface area contributed by atoms with E-state index < -0.39 is 5.97 Å². The molecule has 3 nitrogen and oxygen atoms in total. The summed E-state index contributed by atoms with van der Waals surface area (Å²) in [7, 11) is 0. The van der Waals surface area contributed by atoms with Crippen molar-refractivity contribution in [2.24, 2.45) is 5.92 Å². The molecule has 0 spiro atoms. The first-order chi connectivity index (χ1) is 7.63. The highest BCUT2D eigenvalue weighted by molar-refractivity contribution is 5.94. The van der Waals surface area contributed by atoms with Gasteiger partial charge >= 0.3 is 5.97 Å². The van der Waals surface area contributed by atoms with Gasteiger partial charge in [0.25, 0.3) is 0 Å². The molecule has 1 unspecified atom stereocenters. The molecular formula is C13H12O3. The molecule has 1 aromatic rings. The Morgan fingerprint density at radius 3 is 2.88 bits per heavy atom. The topological polar surface area (TPSA) is 54.4 Å². The van der Waals surface area contributed by atoms with Crippen LogP contribution in [0.4, 0.5) is 0 Å². The van der Waals surface area contributed by atoms with Crippen molar-refractivity contribution in [3.05, 3.63) is 40.5 Å². The maximum Gasteiger partial charge on any atom is 0.331 e. The molecule has 0 bridgehead atoms. The van der Waals surface area contributed by atoms with Crippen molar-refractivity contribution >= 4 is 18.3 Å². The van der Waals surface area contributed by atoms with Crippen LogP contribution in [-0.4, -0.2) is 17.4 Å². The lowest BCUT2D eigenvalue weighted by Crippen LogP contribution is -2.17. The van der Waals surface area contributed by atoms with Crippen LogP contribution in [-0.2, 0) is 11.2 Å². The lowest BCUT2D eigenvalue weighted by Gasteiger charge is -2.21. The van der Waals surface area contributed by atoms with Crippen molar-refractivity contribution < 1.29 is 14.7 Å². The Morgan fingerprint density at radius 2 is 2.25 bits per heavy atom. The van der Waals surface area contributed by atoms with E-state index >= 15 is 0 Å². The summed E-state index contributed by atoms with van der Waals surface area (Å²) in [5.41, 5.74) is 2.87. The predicted molar refractivity (Wildman–Crippen MR) is 60.3 cm³/mol. The van der Waals surface area contributed by atoms with Crippen LogP contribution in [0.3, 0.4) is 0 Å². The summed E-state index contributed by atoms with van der Waals surface area (Å²) in [6, 6.07) is 5.38. The molecular weight excluding hydrogens is 204 g/mol. The molecule has 0 heterocycles. The first-order valence-electron chi connectivity index (χ1n) is 5.15. The van der Waals surface area contributed by atoms with Gasteiger partial charge in [-0.25, -0.2) is 4.79 Å². The molecule has 82 valence electrons. The number of carbonyl (C=O) groups excluding carboxylic acids is 1. The molecule has 2 rings (SSSR count). The molecule has 1 atom stereocenters. The van der Waals surface area contributed by atoms with Crippen molar-refractivity contribution in [2.45, 2.75) is 13.3 Å². The summed E-state index contributed by atoms with van der Waals surface area (Å²) in [4.78, 5) is 21.9. The fourth-order valence-electron chi connectivity index (χ4n) is 2.10. The molecule has 0 radical (unpaired) electrons. The van der Waals surface area contributed by atoms with Gasteiger partial charge in [-0.05, 0) is 29.5 Å². The highest BCUT2D eigenvalue weighted by atomic mass is 16.4. The van der Waals surface area contributed by atoms with Gasteiger partial charge in [0.05, 0.1) is 0 Å². The molecule has 3 heteroatoms. The Hall–Kier alpha value is -1.90. The van der Waals surface area contributed by atoms with Gasteiger partial charge in [0, 0.05) is 11.1 Å². The number of hydrogen-bond acceptors (Lipinski definition) is 2. The second-order valence-corrected chi connectivity index (χ2v) is 4.04. The number of carboxylic acids is 1. The van der Waals surface area contributed by atoms with E-state index in [1.165, 1.54) is 0 Å². The molecule has 1 aliphatic rings. The van der Waals surface area contributed by atoms with Crippen molar-refractivity contribution in [3.8, 4) is 0 Å². The van der Waals surface area contributed by atoms with Crippen molar-refractivity contribution in [1.29, 1.82) is 0 Å². The van der Waals surface area contributed by atoms with E-state index in [2.05, 4.69) is 0 Å². The smallest absolute Gasteiger partial charge is 0.331 e. The van der Waals surface area contributed by atoms with Crippen LogP contribution in [0, 0.1) is 5.92 Å². The normalized spacial score (nSPS) is 18.6. The largest absolute Gasteiger partial charge is 0.478 e. The third-order valence-corrected chi connectivity index (χ3v) is 2.97. The molecule has 16 heavy (non-hydrogen) atoms. The quantitative estimate of drug-likeness (QED) is 0.771. The van der Waals surface area contributed by atoms with Gasteiger partial charge in [-0.1, -0.05) is 25.1 Å². The second kappa shape index (κ2) is 3.93. The number of rotatable bonds is 2. The molecule has 0 saturated heterocycles. The standard InChI is InChI=1S/C13H12O3/c1-8-5-12-9(6-11(8)13(15)16)3-2-4-10(12)7-14/h2-4,6-8H,5H2,1H3,(H,15,16). The minimum Gasteiger partial charge on any atom is -0.478 e. The summed E-state index contributed by atoms with van der Waals surface area (Å²) >= 11 is 0. The number of fused-ring (bicyclic) bond motifs is 1. The van der Waals surface area contributed by atoms with E-state index in [-0.39, 0.29) is 5.92 Å².